The van der Waals surface area contributed by atoms with Crippen LogP contribution in [-0.2, 0) is 4.74 Å². The largest absolute Gasteiger partial charge is 0.444 e. The average Bonchev–Trinajstić information content (AvgIpc) is 2.30. The molecule has 1 amide bonds. The Kier molecular flexibility index (Phi) is 4.57. The molecule has 0 aliphatic carbocycles. The third-order valence-corrected chi connectivity index (χ3v) is 3.56. The summed E-state index contributed by atoms with van der Waals surface area (Å²) in [7, 11) is 0. The molecule has 1 aliphatic rings. The fourth-order valence-corrected chi connectivity index (χ4v) is 2.45. The van der Waals surface area contributed by atoms with Crippen molar-refractivity contribution < 1.29 is 9.53 Å². The van der Waals surface area contributed by atoms with E-state index in [0.29, 0.717) is 19.1 Å². The molecule has 4 heteroatoms. The standard InChI is InChI=1S/C17H26N2O2/c1-12-7-6-8-14(9-12)13(2)18-15-10-19(11-15)16(20)21-17(3,4)5/h6-9,13,15,18H,10-11H2,1-5H3. The summed E-state index contributed by atoms with van der Waals surface area (Å²) in [5.74, 6) is 0. The van der Waals surface area contributed by atoms with Crippen molar-refractivity contribution in [3.8, 4) is 0 Å². The number of rotatable bonds is 3. The van der Waals surface area contributed by atoms with E-state index in [2.05, 4.69) is 43.4 Å². The van der Waals surface area contributed by atoms with Crippen LogP contribution in [-0.4, -0.2) is 35.7 Å². The minimum absolute atomic E-state index is 0.219. The summed E-state index contributed by atoms with van der Waals surface area (Å²) in [6.45, 7) is 11.4. The predicted octanol–water partition coefficient (Wildman–Crippen LogP) is 3.26. The lowest BCUT2D eigenvalue weighted by Crippen LogP contribution is -2.60. The number of likely N-dealkylation sites (tertiary alicyclic amines) is 1. The van der Waals surface area contributed by atoms with E-state index in [9.17, 15) is 4.79 Å². The zero-order valence-electron chi connectivity index (χ0n) is 13.6. The number of benzene rings is 1. The smallest absolute Gasteiger partial charge is 0.410 e. The first-order valence-corrected chi connectivity index (χ1v) is 7.55. The number of carbonyl (C=O) groups is 1. The highest BCUT2D eigenvalue weighted by Gasteiger charge is 2.34. The molecule has 0 saturated carbocycles. The van der Waals surface area contributed by atoms with Crippen LogP contribution in [0, 0.1) is 6.92 Å². The van der Waals surface area contributed by atoms with Gasteiger partial charge in [0.2, 0.25) is 0 Å². The number of aryl methyl sites for hydroxylation is 1. The maximum Gasteiger partial charge on any atom is 0.410 e. The highest BCUT2D eigenvalue weighted by atomic mass is 16.6. The first-order valence-electron chi connectivity index (χ1n) is 7.55. The van der Waals surface area contributed by atoms with Gasteiger partial charge in [0.15, 0.2) is 0 Å². The molecule has 1 aromatic rings. The molecule has 1 N–H and O–H groups in total. The van der Waals surface area contributed by atoms with Crippen molar-refractivity contribution in [2.75, 3.05) is 13.1 Å². The van der Waals surface area contributed by atoms with E-state index in [-0.39, 0.29) is 12.1 Å². The van der Waals surface area contributed by atoms with Crippen LogP contribution in [0.3, 0.4) is 0 Å². The van der Waals surface area contributed by atoms with Crippen molar-refractivity contribution in [1.29, 1.82) is 0 Å². The molecule has 1 aromatic carbocycles. The Morgan fingerprint density at radius 3 is 2.62 bits per heavy atom. The summed E-state index contributed by atoms with van der Waals surface area (Å²) in [6.07, 6.45) is -0.219. The van der Waals surface area contributed by atoms with Crippen molar-refractivity contribution in [1.82, 2.24) is 10.2 Å². The second-order valence-electron chi connectivity index (χ2n) is 6.88. The van der Waals surface area contributed by atoms with Crippen LogP contribution < -0.4 is 5.32 Å². The molecule has 1 aliphatic heterocycles. The van der Waals surface area contributed by atoms with E-state index in [1.807, 2.05) is 20.8 Å². The van der Waals surface area contributed by atoms with Gasteiger partial charge in [-0.1, -0.05) is 29.8 Å². The molecule has 1 unspecified atom stereocenters. The first kappa shape index (κ1) is 15.8. The SMILES string of the molecule is Cc1cccc(C(C)NC2CN(C(=O)OC(C)(C)C)C2)c1. The van der Waals surface area contributed by atoms with E-state index in [1.54, 1.807) is 4.90 Å². The molecular formula is C17H26N2O2. The minimum Gasteiger partial charge on any atom is -0.444 e. The molecular weight excluding hydrogens is 264 g/mol. The number of nitrogens with zero attached hydrogens (tertiary/aromatic N) is 1. The summed E-state index contributed by atoms with van der Waals surface area (Å²) in [4.78, 5) is 13.6. The van der Waals surface area contributed by atoms with Crippen molar-refractivity contribution in [2.45, 2.75) is 52.3 Å². The third kappa shape index (κ3) is 4.46. The van der Waals surface area contributed by atoms with E-state index in [4.69, 9.17) is 4.74 Å². The van der Waals surface area contributed by atoms with Crippen molar-refractivity contribution >= 4 is 6.09 Å². The Hall–Kier alpha value is -1.55. The van der Waals surface area contributed by atoms with Gasteiger partial charge in [-0.05, 0) is 40.2 Å². The highest BCUT2D eigenvalue weighted by molar-refractivity contribution is 5.69. The predicted molar refractivity (Wildman–Crippen MR) is 84.3 cm³/mol. The second-order valence-corrected chi connectivity index (χ2v) is 6.88. The van der Waals surface area contributed by atoms with Gasteiger partial charge in [0.25, 0.3) is 0 Å². The molecule has 0 radical (unpaired) electrons. The molecule has 1 atom stereocenters. The summed E-state index contributed by atoms with van der Waals surface area (Å²) >= 11 is 0. The lowest BCUT2D eigenvalue weighted by atomic mass is 10.0. The summed E-state index contributed by atoms with van der Waals surface area (Å²) in [5.41, 5.74) is 2.13. The normalized spacial score (nSPS) is 17.3. The molecule has 116 valence electrons. The molecule has 1 fully saturated rings. The Morgan fingerprint density at radius 2 is 2.05 bits per heavy atom. The Bertz CT molecular complexity index is 502. The van der Waals surface area contributed by atoms with Gasteiger partial charge in [0.05, 0.1) is 0 Å². The third-order valence-electron chi connectivity index (χ3n) is 3.56. The van der Waals surface area contributed by atoms with Crippen molar-refractivity contribution in [3.63, 3.8) is 0 Å². The van der Waals surface area contributed by atoms with Crippen molar-refractivity contribution in [2.24, 2.45) is 0 Å². The van der Waals surface area contributed by atoms with Gasteiger partial charge >= 0.3 is 6.09 Å². The maximum atomic E-state index is 11.9. The molecule has 1 heterocycles. The van der Waals surface area contributed by atoms with Crippen LogP contribution in [0.1, 0.15) is 44.9 Å². The molecule has 2 rings (SSSR count). The molecule has 0 aromatic heterocycles. The zero-order valence-corrected chi connectivity index (χ0v) is 13.6. The lowest BCUT2D eigenvalue weighted by molar-refractivity contribution is 0.00434. The molecule has 1 saturated heterocycles. The topological polar surface area (TPSA) is 41.6 Å². The van der Waals surface area contributed by atoms with Crippen LogP contribution in [0.15, 0.2) is 24.3 Å². The number of amides is 1. The fourth-order valence-electron chi connectivity index (χ4n) is 2.45. The molecule has 0 spiro atoms. The average molecular weight is 290 g/mol. The van der Waals surface area contributed by atoms with Crippen LogP contribution in [0.2, 0.25) is 0 Å². The van der Waals surface area contributed by atoms with Crippen LogP contribution in [0.4, 0.5) is 4.79 Å². The second kappa shape index (κ2) is 6.06. The molecule has 0 bridgehead atoms. The Morgan fingerprint density at radius 1 is 1.38 bits per heavy atom. The van der Waals surface area contributed by atoms with Gasteiger partial charge in [-0.15, -0.1) is 0 Å². The fraction of sp³-hybridized carbons (Fsp3) is 0.588. The number of nitrogens with one attached hydrogen (secondary N) is 1. The summed E-state index contributed by atoms with van der Waals surface area (Å²) in [5, 5.41) is 3.56. The van der Waals surface area contributed by atoms with Crippen LogP contribution in [0.25, 0.3) is 0 Å². The number of ether oxygens (including phenoxy) is 1. The lowest BCUT2D eigenvalue weighted by Gasteiger charge is -2.41. The van der Waals surface area contributed by atoms with Gasteiger partial charge in [0, 0.05) is 25.2 Å². The monoisotopic (exact) mass is 290 g/mol. The van der Waals surface area contributed by atoms with E-state index in [0.717, 1.165) is 0 Å². The first-order chi connectivity index (χ1) is 9.74. The summed E-state index contributed by atoms with van der Waals surface area (Å²) < 4.78 is 5.35. The molecule has 4 nitrogen and oxygen atoms in total. The number of hydrogen-bond donors (Lipinski definition) is 1. The maximum absolute atomic E-state index is 11.9. The summed E-state index contributed by atoms with van der Waals surface area (Å²) in [6, 6.07) is 9.14. The number of carbonyl (C=O) groups excluding carboxylic acids is 1. The van der Waals surface area contributed by atoms with Gasteiger partial charge in [-0.2, -0.15) is 0 Å². The van der Waals surface area contributed by atoms with Gasteiger partial charge in [-0.25, -0.2) is 4.79 Å². The highest BCUT2D eigenvalue weighted by Crippen LogP contribution is 2.19. The minimum atomic E-state index is -0.426. The zero-order chi connectivity index (χ0) is 15.6. The Labute approximate surface area is 127 Å². The van der Waals surface area contributed by atoms with Crippen LogP contribution >= 0.6 is 0 Å². The van der Waals surface area contributed by atoms with E-state index in [1.165, 1.54) is 11.1 Å². The Balaban J connectivity index is 1.79. The van der Waals surface area contributed by atoms with Gasteiger partial charge in [0.1, 0.15) is 5.60 Å². The molecule has 21 heavy (non-hydrogen) atoms. The van der Waals surface area contributed by atoms with Crippen LogP contribution in [0.5, 0.6) is 0 Å². The quantitative estimate of drug-likeness (QED) is 0.929. The van der Waals surface area contributed by atoms with E-state index >= 15 is 0 Å². The van der Waals surface area contributed by atoms with Gasteiger partial charge in [-0.3, -0.25) is 0 Å². The van der Waals surface area contributed by atoms with Crippen molar-refractivity contribution in [3.05, 3.63) is 35.4 Å². The van der Waals surface area contributed by atoms with Gasteiger partial charge < -0.3 is 15.0 Å². The van der Waals surface area contributed by atoms with E-state index < -0.39 is 5.60 Å². The number of hydrogen-bond acceptors (Lipinski definition) is 3.